The Morgan fingerprint density at radius 3 is 2.42 bits per heavy atom. The average Bonchev–Trinajstić information content (AvgIpc) is 3.27. The zero-order valence-corrected chi connectivity index (χ0v) is 23.8. The predicted molar refractivity (Wildman–Crippen MR) is 152 cm³/mol. The van der Waals surface area contributed by atoms with Crippen LogP contribution in [0.2, 0.25) is 0 Å². The summed E-state index contributed by atoms with van der Waals surface area (Å²) in [5.41, 5.74) is 3.00. The number of carbonyl (C=O) groups is 3. The van der Waals surface area contributed by atoms with Crippen LogP contribution in [0.4, 0.5) is 10.3 Å². The van der Waals surface area contributed by atoms with E-state index >= 15 is 0 Å². The van der Waals surface area contributed by atoms with Gasteiger partial charge in [0.25, 0.3) is 0 Å². The maximum atomic E-state index is 13.8. The number of imide groups is 1. The fourth-order valence-corrected chi connectivity index (χ4v) is 5.88. The third kappa shape index (κ3) is 6.85. The molecule has 40 heavy (non-hydrogen) atoms. The molecule has 1 aliphatic carbocycles. The number of amides is 2. The van der Waals surface area contributed by atoms with E-state index in [4.69, 9.17) is 9.72 Å². The summed E-state index contributed by atoms with van der Waals surface area (Å²) >= 11 is 1.50. The van der Waals surface area contributed by atoms with Crippen LogP contribution in [0.5, 0.6) is 0 Å². The first-order valence-corrected chi connectivity index (χ1v) is 14.5. The van der Waals surface area contributed by atoms with E-state index in [9.17, 15) is 18.8 Å². The van der Waals surface area contributed by atoms with Gasteiger partial charge in [-0.3, -0.25) is 14.4 Å². The molecule has 1 atom stereocenters. The Balaban J connectivity index is 1.70. The first-order chi connectivity index (χ1) is 19.3. The second-order valence-corrected chi connectivity index (χ2v) is 10.5. The molecule has 210 valence electrons. The number of allylic oxidation sites excluding steroid dienone is 1. The summed E-state index contributed by atoms with van der Waals surface area (Å²) in [4.78, 5) is 52.9. The number of ether oxygens (including phenoxy) is 1. The lowest BCUT2D eigenvalue weighted by atomic mass is 9.99. The monoisotopic (exact) mass is 564 g/mol. The highest BCUT2D eigenvalue weighted by Crippen LogP contribution is 2.42. The Labute approximate surface area is 237 Å². The summed E-state index contributed by atoms with van der Waals surface area (Å²) in [5.74, 6) is -1.12. The van der Waals surface area contributed by atoms with Crippen molar-refractivity contribution in [3.05, 3.63) is 59.0 Å². The molecule has 3 aromatic rings. The van der Waals surface area contributed by atoms with E-state index in [-0.39, 0.29) is 48.3 Å². The molecule has 2 heterocycles. The van der Waals surface area contributed by atoms with Crippen LogP contribution in [0.3, 0.4) is 0 Å². The van der Waals surface area contributed by atoms with Gasteiger partial charge >= 0.3 is 5.97 Å². The van der Waals surface area contributed by atoms with Gasteiger partial charge in [0.15, 0.2) is 0 Å². The van der Waals surface area contributed by atoms with Crippen molar-refractivity contribution in [2.45, 2.75) is 71.6 Å². The van der Waals surface area contributed by atoms with Crippen molar-refractivity contribution in [1.82, 2.24) is 15.0 Å². The molecule has 2 aromatic heterocycles. The number of benzene rings is 1. The Morgan fingerprint density at radius 1 is 1.02 bits per heavy atom. The SMILES string of the molecule is CCOC(=O)CC1=CCCC(c2nc(-c3ccc(F)cc3)c(-c3ccnc(N(C(=O)CC)C(=O)CC)n3)s2)CC1. The van der Waals surface area contributed by atoms with Gasteiger partial charge in [-0.1, -0.05) is 25.5 Å². The highest BCUT2D eigenvalue weighted by Gasteiger charge is 2.27. The Morgan fingerprint density at radius 2 is 1.75 bits per heavy atom. The van der Waals surface area contributed by atoms with Crippen LogP contribution in [-0.4, -0.2) is 39.3 Å². The minimum absolute atomic E-state index is 0.0264. The number of carbonyl (C=O) groups excluding carboxylic acids is 3. The fraction of sp³-hybridized carbons (Fsp3) is 0.400. The molecule has 1 unspecified atom stereocenters. The first-order valence-electron chi connectivity index (χ1n) is 13.6. The number of anilines is 1. The summed E-state index contributed by atoms with van der Waals surface area (Å²) < 4.78 is 18.9. The van der Waals surface area contributed by atoms with Gasteiger partial charge in [-0.15, -0.1) is 11.3 Å². The Kier molecular flexibility index (Phi) is 9.87. The van der Waals surface area contributed by atoms with Crippen molar-refractivity contribution in [2.75, 3.05) is 11.5 Å². The van der Waals surface area contributed by atoms with Gasteiger partial charge in [0.1, 0.15) is 5.82 Å². The van der Waals surface area contributed by atoms with Crippen molar-refractivity contribution in [1.29, 1.82) is 0 Å². The number of hydrogen-bond acceptors (Lipinski definition) is 8. The molecule has 0 bridgehead atoms. The highest BCUT2D eigenvalue weighted by molar-refractivity contribution is 7.15. The van der Waals surface area contributed by atoms with Gasteiger partial charge in [0.05, 0.1) is 34.3 Å². The second-order valence-electron chi connectivity index (χ2n) is 9.47. The van der Waals surface area contributed by atoms with Gasteiger partial charge in [0, 0.05) is 30.5 Å². The van der Waals surface area contributed by atoms with Gasteiger partial charge in [-0.2, -0.15) is 0 Å². The van der Waals surface area contributed by atoms with Crippen LogP contribution >= 0.6 is 11.3 Å². The molecule has 0 N–H and O–H groups in total. The first kappa shape index (κ1) is 29.2. The topological polar surface area (TPSA) is 102 Å². The van der Waals surface area contributed by atoms with Crippen molar-refractivity contribution in [2.24, 2.45) is 0 Å². The predicted octanol–water partition coefficient (Wildman–Crippen LogP) is 6.62. The number of nitrogens with zero attached hydrogens (tertiary/aromatic N) is 4. The number of halogens is 1. The molecule has 8 nitrogen and oxygen atoms in total. The van der Waals surface area contributed by atoms with E-state index in [0.717, 1.165) is 51.6 Å². The lowest BCUT2D eigenvalue weighted by Gasteiger charge is -2.17. The van der Waals surface area contributed by atoms with E-state index in [0.29, 0.717) is 24.4 Å². The number of thiazole rings is 1. The van der Waals surface area contributed by atoms with Crippen LogP contribution < -0.4 is 4.90 Å². The molecule has 4 rings (SSSR count). The molecular formula is C30H33FN4O4S. The smallest absolute Gasteiger partial charge is 0.309 e. The summed E-state index contributed by atoms with van der Waals surface area (Å²) in [6, 6.07) is 7.87. The van der Waals surface area contributed by atoms with E-state index in [1.807, 2.05) is 0 Å². The Hall–Kier alpha value is -3.79. The van der Waals surface area contributed by atoms with Crippen molar-refractivity contribution < 1.29 is 23.5 Å². The van der Waals surface area contributed by atoms with Gasteiger partial charge < -0.3 is 4.74 Å². The molecular weight excluding hydrogens is 531 g/mol. The molecule has 0 saturated carbocycles. The maximum Gasteiger partial charge on any atom is 0.309 e. The molecule has 1 aromatic carbocycles. The zero-order valence-electron chi connectivity index (χ0n) is 23.0. The van der Waals surface area contributed by atoms with Crippen molar-refractivity contribution in [3.63, 3.8) is 0 Å². The molecule has 0 saturated heterocycles. The third-order valence-corrected chi connectivity index (χ3v) is 7.97. The van der Waals surface area contributed by atoms with Gasteiger partial charge in [-0.25, -0.2) is 24.2 Å². The lowest BCUT2D eigenvalue weighted by Crippen LogP contribution is -2.37. The maximum absolute atomic E-state index is 13.8. The zero-order chi connectivity index (χ0) is 28.6. The number of esters is 1. The summed E-state index contributed by atoms with van der Waals surface area (Å²) in [5, 5.41) is 0.923. The molecule has 0 aliphatic heterocycles. The third-order valence-electron chi connectivity index (χ3n) is 6.73. The molecule has 2 amide bonds. The minimum atomic E-state index is -0.377. The van der Waals surface area contributed by atoms with Crippen LogP contribution in [0.1, 0.15) is 76.6 Å². The van der Waals surface area contributed by atoms with Crippen molar-refractivity contribution in [3.8, 4) is 21.8 Å². The number of aromatic nitrogens is 3. The lowest BCUT2D eigenvalue weighted by molar-refractivity contribution is -0.142. The largest absolute Gasteiger partial charge is 0.466 e. The molecule has 1 aliphatic rings. The second kappa shape index (κ2) is 13.5. The van der Waals surface area contributed by atoms with Gasteiger partial charge in [-0.05, 0) is 62.9 Å². The van der Waals surface area contributed by atoms with Crippen LogP contribution in [0, 0.1) is 5.82 Å². The van der Waals surface area contributed by atoms with E-state index in [2.05, 4.69) is 16.0 Å². The van der Waals surface area contributed by atoms with Crippen molar-refractivity contribution >= 4 is 35.1 Å². The minimum Gasteiger partial charge on any atom is -0.466 e. The normalized spacial score (nSPS) is 15.2. The van der Waals surface area contributed by atoms with Crippen LogP contribution in [0.15, 0.2) is 48.2 Å². The van der Waals surface area contributed by atoms with E-state index < -0.39 is 0 Å². The molecule has 0 fully saturated rings. The van der Waals surface area contributed by atoms with E-state index in [1.54, 1.807) is 39.0 Å². The summed E-state index contributed by atoms with van der Waals surface area (Å²) in [6.07, 6.45) is 7.55. The van der Waals surface area contributed by atoms with Gasteiger partial charge in [0.2, 0.25) is 17.8 Å². The number of rotatable bonds is 9. The summed E-state index contributed by atoms with van der Waals surface area (Å²) in [6.45, 7) is 5.54. The van der Waals surface area contributed by atoms with Crippen LogP contribution in [-0.2, 0) is 19.1 Å². The average molecular weight is 565 g/mol. The number of hydrogen-bond donors (Lipinski definition) is 0. The standard InChI is InChI=1S/C30H33FN4O4S/c1-4-24(36)35(25(37)5-2)30-32-17-16-23(33-30)28-27(20-12-14-22(31)15-13-20)34-29(40-28)21-9-7-8-19(10-11-21)18-26(38)39-6-3/h8,12-17,21H,4-7,9-11,18H2,1-3H3. The Bertz CT molecular complexity index is 1390. The van der Waals surface area contributed by atoms with Crippen LogP contribution in [0.25, 0.3) is 21.8 Å². The molecule has 0 spiro atoms. The quantitative estimate of drug-likeness (QED) is 0.212. The molecule has 10 heteroatoms. The summed E-state index contributed by atoms with van der Waals surface area (Å²) in [7, 11) is 0. The van der Waals surface area contributed by atoms with E-state index in [1.165, 1.54) is 29.7 Å². The molecule has 0 radical (unpaired) electrons. The fourth-order valence-electron chi connectivity index (χ4n) is 4.65. The highest BCUT2D eigenvalue weighted by atomic mass is 32.1.